The Hall–Kier alpha value is -0.940. The minimum Gasteiger partial charge on any atom is -0.381 e. The zero-order valence-corrected chi connectivity index (χ0v) is 11.0. The molecule has 2 aliphatic rings. The molecule has 1 aromatic heterocycles. The first-order chi connectivity index (χ1) is 8.76. The molecule has 0 amide bonds. The van der Waals surface area contributed by atoms with E-state index in [1.807, 2.05) is 6.92 Å². The van der Waals surface area contributed by atoms with Crippen LogP contribution in [0.1, 0.15) is 37.4 Å². The SMILES string of the molecule is Cc1noc(CN2CCCC3(CCOCC3)C2)n1. The Morgan fingerprint density at radius 1 is 1.28 bits per heavy atom. The fraction of sp³-hybridized carbons (Fsp3) is 0.846. The van der Waals surface area contributed by atoms with Crippen molar-refractivity contribution in [2.75, 3.05) is 26.3 Å². The maximum absolute atomic E-state index is 5.49. The van der Waals surface area contributed by atoms with Crippen molar-refractivity contribution < 1.29 is 9.26 Å². The van der Waals surface area contributed by atoms with Crippen LogP contribution < -0.4 is 0 Å². The molecule has 5 nitrogen and oxygen atoms in total. The lowest BCUT2D eigenvalue weighted by molar-refractivity contribution is -0.0308. The molecular weight excluding hydrogens is 230 g/mol. The van der Waals surface area contributed by atoms with Gasteiger partial charge in [-0.25, -0.2) is 0 Å². The number of hydrogen-bond donors (Lipinski definition) is 0. The topological polar surface area (TPSA) is 51.4 Å². The smallest absolute Gasteiger partial charge is 0.240 e. The van der Waals surface area contributed by atoms with E-state index < -0.39 is 0 Å². The number of aryl methyl sites for hydroxylation is 1. The fourth-order valence-electron chi connectivity index (χ4n) is 3.25. The van der Waals surface area contributed by atoms with Gasteiger partial charge in [0.05, 0.1) is 6.54 Å². The molecule has 1 spiro atoms. The van der Waals surface area contributed by atoms with Gasteiger partial charge in [-0.2, -0.15) is 4.98 Å². The van der Waals surface area contributed by atoms with E-state index in [2.05, 4.69) is 15.0 Å². The molecule has 0 radical (unpaired) electrons. The van der Waals surface area contributed by atoms with Gasteiger partial charge in [0, 0.05) is 19.8 Å². The molecule has 0 N–H and O–H groups in total. The van der Waals surface area contributed by atoms with E-state index in [1.165, 1.54) is 25.7 Å². The molecule has 2 saturated heterocycles. The highest BCUT2D eigenvalue weighted by Crippen LogP contribution is 2.39. The molecule has 3 rings (SSSR count). The summed E-state index contributed by atoms with van der Waals surface area (Å²) in [4.78, 5) is 6.75. The van der Waals surface area contributed by atoms with Crippen LogP contribution in [0, 0.1) is 12.3 Å². The van der Waals surface area contributed by atoms with Crippen molar-refractivity contribution in [2.45, 2.75) is 39.2 Å². The monoisotopic (exact) mass is 251 g/mol. The summed E-state index contributed by atoms with van der Waals surface area (Å²) < 4.78 is 10.7. The highest BCUT2D eigenvalue weighted by molar-refractivity contribution is 4.91. The van der Waals surface area contributed by atoms with Crippen LogP contribution in [0.2, 0.25) is 0 Å². The number of piperidine rings is 1. The summed E-state index contributed by atoms with van der Waals surface area (Å²) in [6.45, 7) is 6.80. The van der Waals surface area contributed by atoms with Crippen LogP contribution in [-0.4, -0.2) is 41.3 Å². The van der Waals surface area contributed by atoms with Gasteiger partial charge in [0.2, 0.25) is 5.89 Å². The molecule has 0 bridgehead atoms. The summed E-state index contributed by atoms with van der Waals surface area (Å²) in [5, 5.41) is 3.85. The van der Waals surface area contributed by atoms with Crippen LogP contribution in [0.15, 0.2) is 4.52 Å². The number of likely N-dealkylation sites (tertiary alicyclic amines) is 1. The zero-order chi connectivity index (χ0) is 12.4. The van der Waals surface area contributed by atoms with Crippen molar-refractivity contribution in [3.05, 3.63) is 11.7 Å². The van der Waals surface area contributed by atoms with Crippen molar-refractivity contribution in [2.24, 2.45) is 5.41 Å². The number of ether oxygens (including phenoxy) is 1. The third-order valence-electron chi connectivity index (χ3n) is 4.22. The average Bonchev–Trinajstić information content (AvgIpc) is 2.76. The molecule has 5 heteroatoms. The second-order valence-corrected chi connectivity index (χ2v) is 5.66. The lowest BCUT2D eigenvalue weighted by Crippen LogP contribution is -2.45. The summed E-state index contributed by atoms with van der Waals surface area (Å²) in [6.07, 6.45) is 5.02. The standard InChI is InChI=1S/C13H21N3O2/c1-11-14-12(18-15-11)9-16-6-2-3-13(10-16)4-7-17-8-5-13/h2-10H2,1H3. The van der Waals surface area contributed by atoms with Gasteiger partial charge < -0.3 is 9.26 Å². The van der Waals surface area contributed by atoms with Crippen molar-refractivity contribution >= 4 is 0 Å². The third kappa shape index (κ3) is 2.57. The quantitative estimate of drug-likeness (QED) is 0.801. The molecule has 1 aromatic rings. The van der Waals surface area contributed by atoms with Crippen molar-refractivity contribution in [3.63, 3.8) is 0 Å². The van der Waals surface area contributed by atoms with Crippen LogP contribution >= 0.6 is 0 Å². The number of aromatic nitrogens is 2. The number of nitrogens with zero attached hydrogens (tertiary/aromatic N) is 3. The van der Waals surface area contributed by atoms with Gasteiger partial charge in [-0.3, -0.25) is 4.90 Å². The van der Waals surface area contributed by atoms with Gasteiger partial charge in [-0.1, -0.05) is 5.16 Å². The highest BCUT2D eigenvalue weighted by Gasteiger charge is 2.37. The maximum Gasteiger partial charge on any atom is 0.240 e. The zero-order valence-electron chi connectivity index (χ0n) is 11.0. The Morgan fingerprint density at radius 3 is 2.83 bits per heavy atom. The van der Waals surface area contributed by atoms with E-state index in [0.29, 0.717) is 5.41 Å². The van der Waals surface area contributed by atoms with Crippen LogP contribution in [0.25, 0.3) is 0 Å². The van der Waals surface area contributed by atoms with Gasteiger partial charge >= 0.3 is 0 Å². The molecule has 2 fully saturated rings. The second-order valence-electron chi connectivity index (χ2n) is 5.66. The van der Waals surface area contributed by atoms with E-state index in [9.17, 15) is 0 Å². The first-order valence-electron chi connectivity index (χ1n) is 6.85. The van der Waals surface area contributed by atoms with Gasteiger partial charge in [0.15, 0.2) is 5.82 Å². The molecular formula is C13H21N3O2. The molecule has 3 heterocycles. The summed E-state index contributed by atoms with van der Waals surface area (Å²) in [5.74, 6) is 1.47. The molecule has 0 saturated carbocycles. The fourth-order valence-corrected chi connectivity index (χ4v) is 3.25. The van der Waals surface area contributed by atoms with E-state index in [0.717, 1.165) is 44.6 Å². The van der Waals surface area contributed by atoms with E-state index in [4.69, 9.17) is 9.26 Å². The van der Waals surface area contributed by atoms with Gasteiger partial charge in [0.25, 0.3) is 0 Å². The highest BCUT2D eigenvalue weighted by atomic mass is 16.5. The minimum absolute atomic E-state index is 0.478. The summed E-state index contributed by atoms with van der Waals surface area (Å²) >= 11 is 0. The van der Waals surface area contributed by atoms with Gasteiger partial charge in [0.1, 0.15) is 0 Å². The minimum atomic E-state index is 0.478. The molecule has 0 aliphatic carbocycles. The maximum atomic E-state index is 5.49. The first kappa shape index (κ1) is 12.1. The largest absolute Gasteiger partial charge is 0.381 e. The lowest BCUT2D eigenvalue weighted by Gasteiger charge is -2.44. The predicted octanol–water partition coefficient (Wildman–Crippen LogP) is 1.77. The predicted molar refractivity (Wildman–Crippen MR) is 66.0 cm³/mol. The Balaban J connectivity index is 1.63. The van der Waals surface area contributed by atoms with E-state index >= 15 is 0 Å². The Kier molecular flexibility index (Phi) is 3.35. The van der Waals surface area contributed by atoms with Crippen molar-refractivity contribution in [3.8, 4) is 0 Å². The molecule has 0 unspecified atom stereocenters. The average molecular weight is 251 g/mol. The van der Waals surface area contributed by atoms with Crippen LogP contribution in [0.3, 0.4) is 0 Å². The first-order valence-corrected chi connectivity index (χ1v) is 6.85. The number of hydrogen-bond acceptors (Lipinski definition) is 5. The number of rotatable bonds is 2. The third-order valence-corrected chi connectivity index (χ3v) is 4.22. The second kappa shape index (κ2) is 4.97. The van der Waals surface area contributed by atoms with Gasteiger partial charge in [-0.05, 0) is 44.6 Å². The van der Waals surface area contributed by atoms with E-state index in [1.54, 1.807) is 0 Å². The molecule has 100 valence electrons. The Labute approximate surface area is 107 Å². The van der Waals surface area contributed by atoms with Crippen LogP contribution in [-0.2, 0) is 11.3 Å². The molecule has 0 aromatic carbocycles. The normalized spacial score (nSPS) is 24.5. The van der Waals surface area contributed by atoms with Gasteiger partial charge in [-0.15, -0.1) is 0 Å². The summed E-state index contributed by atoms with van der Waals surface area (Å²) in [5.41, 5.74) is 0.478. The summed E-state index contributed by atoms with van der Waals surface area (Å²) in [6, 6.07) is 0. The van der Waals surface area contributed by atoms with E-state index in [-0.39, 0.29) is 0 Å². The van der Waals surface area contributed by atoms with Crippen molar-refractivity contribution in [1.82, 2.24) is 15.0 Å². The lowest BCUT2D eigenvalue weighted by atomic mass is 9.74. The van der Waals surface area contributed by atoms with Crippen molar-refractivity contribution in [1.29, 1.82) is 0 Å². The Morgan fingerprint density at radius 2 is 2.11 bits per heavy atom. The van der Waals surface area contributed by atoms with Crippen LogP contribution in [0.4, 0.5) is 0 Å². The molecule has 0 atom stereocenters. The molecule has 2 aliphatic heterocycles. The molecule has 18 heavy (non-hydrogen) atoms. The Bertz CT molecular complexity index is 393. The summed E-state index contributed by atoms with van der Waals surface area (Å²) in [7, 11) is 0. The van der Waals surface area contributed by atoms with Crippen LogP contribution in [0.5, 0.6) is 0 Å².